The number of carbonyl (C=O) groups excluding carboxylic acids is 1. The highest BCUT2D eigenvalue weighted by molar-refractivity contribution is 5.83. The van der Waals surface area contributed by atoms with Crippen LogP contribution in [0.1, 0.15) is 66.7 Å². The average Bonchev–Trinajstić information content (AvgIpc) is 2.36. The Kier molecular flexibility index (Phi) is 10.1. The fourth-order valence-electron chi connectivity index (χ4n) is 1.86. The topological polar surface area (TPSA) is 35.5 Å². The molecule has 122 valence electrons. The van der Waals surface area contributed by atoms with Crippen molar-refractivity contribution in [3.8, 4) is 0 Å². The molecular weight excluding hydrogens is 264 g/mol. The summed E-state index contributed by atoms with van der Waals surface area (Å²) in [4.78, 5) is 11.4. The monoisotopic (exact) mass is 296 g/mol. The van der Waals surface area contributed by atoms with Crippen LogP contribution >= 0.6 is 0 Å². The van der Waals surface area contributed by atoms with Gasteiger partial charge in [-0.3, -0.25) is 0 Å². The SMILES string of the molecule is COC(C)(C)CCCCC/C=C/C(C)=C/C(=O)OC(C)C. The molecule has 0 spiro atoms. The highest BCUT2D eigenvalue weighted by Gasteiger charge is 2.14. The summed E-state index contributed by atoms with van der Waals surface area (Å²) in [5.41, 5.74) is 0.924. The predicted molar refractivity (Wildman–Crippen MR) is 88.3 cm³/mol. The number of methoxy groups -OCH3 is 1. The molecule has 0 radical (unpaired) electrons. The fraction of sp³-hybridized carbons (Fsp3) is 0.722. The highest BCUT2D eigenvalue weighted by Crippen LogP contribution is 2.17. The van der Waals surface area contributed by atoms with Crippen molar-refractivity contribution in [2.75, 3.05) is 7.11 Å². The van der Waals surface area contributed by atoms with Crippen molar-refractivity contribution >= 4 is 5.97 Å². The number of hydrogen-bond acceptors (Lipinski definition) is 3. The van der Waals surface area contributed by atoms with Crippen LogP contribution in [0.4, 0.5) is 0 Å². The summed E-state index contributed by atoms with van der Waals surface area (Å²) in [5.74, 6) is -0.269. The van der Waals surface area contributed by atoms with Crippen molar-refractivity contribution in [2.24, 2.45) is 0 Å². The lowest BCUT2D eigenvalue weighted by molar-refractivity contribution is -0.141. The summed E-state index contributed by atoms with van der Waals surface area (Å²) in [6, 6.07) is 0. The molecule has 0 saturated heterocycles. The number of esters is 1. The number of carbonyl (C=O) groups is 1. The van der Waals surface area contributed by atoms with Gasteiger partial charge in [-0.25, -0.2) is 4.79 Å². The molecule has 0 fully saturated rings. The molecule has 0 aromatic rings. The third kappa shape index (κ3) is 12.4. The molecule has 0 aliphatic rings. The summed E-state index contributed by atoms with van der Waals surface area (Å²) < 4.78 is 10.5. The Hall–Kier alpha value is -1.09. The number of hydrogen-bond donors (Lipinski definition) is 0. The second kappa shape index (κ2) is 10.6. The minimum atomic E-state index is -0.269. The van der Waals surface area contributed by atoms with Crippen LogP contribution in [0.25, 0.3) is 0 Å². The van der Waals surface area contributed by atoms with Gasteiger partial charge in [-0.15, -0.1) is 0 Å². The maximum atomic E-state index is 11.4. The Labute approximate surface area is 130 Å². The third-order valence-corrected chi connectivity index (χ3v) is 3.28. The molecule has 0 amide bonds. The summed E-state index contributed by atoms with van der Waals surface area (Å²) >= 11 is 0. The van der Waals surface area contributed by atoms with E-state index in [1.54, 1.807) is 7.11 Å². The van der Waals surface area contributed by atoms with E-state index < -0.39 is 0 Å². The van der Waals surface area contributed by atoms with Gasteiger partial charge in [-0.2, -0.15) is 0 Å². The van der Waals surface area contributed by atoms with E-state index >= 15 is 0 Å². The van der Waals surface area contributed by atoms with Crippen LogP contribution in [0.3, 0.4) is 0 Å². The van der Waals surface area contributed by atoms with E-state index in [-0.39, 0.29) is 17.7 Å². The minimum Gasteiger partial charge on any atom is -0.460 e. The summed E-state index contributed by atoms with van der Waals surface area (Å²) in [6.07, 6.45) is 11.3. The number of ether oxygens (including phenoxy) is 2. The lowest BCUT2D eigenvalue weighted by Gasteiger charge is -2.22. The van der Waals surface area contributed by atoms with E-state index in [2.05, 4.69) is 19.9 Å². The maximum absolute atomic E-state index is 11.4. The Morgan fingerprint density at radius 3 is 2.43 bits per heavy atom. The molecule has 0 N–H and O–H groups in total. The van der Waals surface area contributed by atoms with Gasteiger partial charge >= 0.3 is 5.97 Å². The van der Waals surface area contributed by atoms with Gasteiger partial charge in [0.1, 0.15) is 0 Å². The lowest BCUT2D eigenvalue weighted by Crippen LogP contribution is -2.21. The van der Waals surface area contributed by atoms with Crippen molar-refractivity contribution in [3.63, 3.8) is 0 Å². The van der Waals surface area contributed by atoms with Gasteiger partial charge in [-0.05, 0) is 59.5 Å². The van der Waals surface area contributed by atoms with Gasteiger partial charge < -0.3 is 9.47 Å². The Bertz CT molecular complexity index is 351. The Balaban J connectivity index is 3.81. The van der Waals surface area contributed by atoms with Gasteiger partial charge in [0.2, 0.25) is 0 Å². The fourth-order valence-corrected chi connectivity index (χ4v) is 1.86. The predicted octanol–water partition coefficient (Wildman–Crippen LogP) is 4.82. The van der Waals surface area contributed by atoms with Crippen molar-refractivity contribution in [2.45, 2.75) is 78.4 Å². The van der Waals surface area contributed by atoms with Crippen molar-refractivity contribution in [1.29, 1.82) is 0 Å². The second-order valence-electron chi connectivity index (χ2n) is 6.34. The molecule has 0 saturated carbocycles. The molecule has 0 aromatic carbocycles. The van der Waals surface area contributed by atoms with Crippen LogP contribution in [-0.4, -0.2) is 24.8 Å². The van der Waals surface area contributed by atoms with Crippen LogP contribution in [0, 0.1) is 0 Å². The highest BCUT2D eigenvalue weighted by atomic mass is 16.5. The van der Waals surface area contributed by atoms with Gasteiger partial charge in [0.25, 0.3) is 0 Å². The molecule has 0 atom stereocenters. The van der Waals surface area contributed by atoms with Crippen LogP contribution in [-0.2, 0) is 14.3 Å². The molecule has 21 heavy (non-hydrogen) atoms. The summed E-state index contributed by atoms with van der Waals surface area (Å²) in [5, 5.41) is 0. The maximum Gasteiger partial charge on any atom is 0.331 e. The van der Waals surface area contributed by atoms with Gasteiger partial charge in [0.15, 0.2) is 0 Å². The second-order valence-corrected chi connectivity index (χ2v) is 6.34. The first-order valence-corrected chi connectivity index (χ1v) is 7.87. The van der Waals surface area contributed by atoms with E-state index in [0.29, 0.717) is 0 Å². The van der Waals surface area contributed by atoms with Crippen molar-refractivity contribution < 1.29 is 14.3 Å². The van der Waals surface area contributed by atoms with Crippen LogP contribution in [0.2, 0.25) is 0 Å². The van der Waals surface area contributed by atoms with Crippen molar-refractivity contribution in [1.82, 2.24) is 0 Å². The smallest absolute Gasteiger partial charge is 0.331 e. The van der Waals surface area contributed by atoms with E-state index in [1.165, 1.54) is 25.3 Å². The molecule has 3 heteroatoms. The lowest BCUT2D eigenvalue weighted by atomic mass is 10.00. The third-order valence-electron chi connectivity index (χ3n) is 3.28. The zero-order chi connectivity index (χ0) is 16.3. The molecule has 0 unspecified atom stereocenters. The molecule has 0 aliphatic carbocycles. The average molecular weight is 296 g/mol. The molecule has 0 aromatic heterocycles. The van der Waals surface area contributed by atoms with Crippen LogP contribution < -0.4 is 0 Å². The van der Waals surface area contributed by atoms with Crippen LogP contribution in [0.15, 0.2) is 23.8 Å². The first-order chi connectivity index (χ1) is 9.76. The van der Waals surface area contributed by atoms with Crippen LogP contribution in [0.5, 0.6) is 0 Å². The Morgan fingerprint density at radius 1 is 1.19 bits per heavy atom. The Morgan fingerprint density at radius 2 is 1.86 bits per heavy atom. The zero-order valence-electron chi connectivity index (χ0n) is 14.6. The molecule has 0 rings (SSSR count). The quantitative estimate of drug-likeness (QED) is 0.251. The summed E-state index contributed by atoms with van der Waals surface area (Å²) in [7, 11) is 1.77. The zero-order valence-corrected chi connectivity index (χ0v) is 14.6. The standard InChI is InChI=1S/C18H32O3/c1-15(2)21-17(19)14-16(3)12-10-8-7-9-11-13-18(4,5)20-6/h10,12,14-15H,7-9,11,13H2,1-6H3/b12-10+,16-14+. The molecule has 0 bridgehead atoms. The molecule has 3 nitrogen and oxygen atoms in total. The normalized spacial score (nSPS) is 13.2. The van der Waals surface area contributed by atoms with Gasteiger partial charge in [0, 0.05) is 13.2 Å². The number of unbranched alkanes of at least 4 members (excludes halogenated alkanes) is 3. The van der Waals surface area contributed by atoms with E-state index in [1.807, 2.05) is 26.8 Å². The first-order valence-electron chi connectivity index (χ1n) is 7.87. The van der Waals surface area contributed by atoms with E-state index in [4.69, 9.17) is 9.47 Å². The summed E-state index contributed by atoms with van der Waals surface area (Å²) in [6.45, 7) is 9.86. The number of allylic oxidation sites excluding steroid dienone is 3. The molecule has 0 aliphatic heterocycles. The van der Waals surface area contributed by atoms with E-state index in [9.17, 15) is 4.79 Å². The van der Waals surface area contributed by atoms with Gasteiger partial charge in [-0.1, -0.05) is 25.0 Å². The largest absolute Gasteiger partial charge is 0.460 e. The van der Waals surface area contributed by atoms with Crippen molar-refractivity contribution in [3.05, 3.63) is 23.8 Å². The first kappa shape index (κ1) is 19.9. The number of rotatable bonds is 10. The minimum absolute atomic E-state index is 0.00799. The van der Waals surface area contributed by atoms with Gasteiger partial charge in [0.05, 0.1) is 11.7 Å². The molecular formula is C18H32O3. The van der Waals surface area contributed by atoms with E-state index in [0.717, 1.165) is 18.4 Å². The molecule has 0 heterocycles.